The third-order valence-electron chi connectivity index (χ3n) is 7.42. The maximum absolute atomic E-state index is 14.5. The Morgan fingerprint density at radius 2 is 1.42 bits per heavy atom. The standard InChI is InChI=1S/C35H37Cl2N3O4S/c1-3-4-22-38-35(42)33(23-27-12-7-5-8-13-27)39(24-30-31(36)16-11-17-32(30)37)34(41)25-40(28-20-18-26(2)19-21-28)45(43,44)29-14-9-6-10-15-29/h5-21,33H,3-4,22-25H2,1-2H3,(H,38,42). The number of rotatable bonds is 14. The highest BCUT2D eigenvalue weighted by Crippen LogP contribution is 2.29. The van der Waals surface area contributed by atoms with Crippen molar-refractivity contribution in [3.63, 3.8) is 0 Å². The van der Waals surface area contributed by atoms with Crippen molar-refractivity contribution in [1.29, 1.82) is 0 Å². The van der Waals surface area contributed by atoms with Gasteiger partial charge in [-0.15, -0.1) is 0 Å². The van der Waals surface area contributed by atoms with Crippen molar-refractivity contribution in [2.75, 3.05) is 17.4 Å². The molecule has 0 aliphatic carbocycles. The Labute approximate surface area is 275 Å². The summed E-state index contributed by atoms with van der Waals surface area (Å²) in [4.78, 5) is 29.8. The second-order valence-corrected chi connectivity index (χ2v) is 13.4. The molecule has 0 radical (unpaired) electrons. The fraction of sp³-hybridized carbons (Fsp3) is 0.257. The molecule has 10 heteroatoms. The van der Waals surface area contributed by atoms with Gasteiger partial charge in [0.15, 0.2) is 0 Å². The number of amides is 2. The lowest BCUT2D eigenvalue weighted by Gasteiger charge is -2.34. The van der Waals surface area contributed by atoms with Crippen LogP contribution in [0, 0.1) is 6.92 Å². The number of nitrogens with one attached hydrogen (secondary N) is 1. The smallest absolute Gasteiger partial charge is 0.264 e. The Balaban J connectivity index is 1.81. The summed E-state index contributed by atoms with van der Waals surface area (Å²) in [5.41, 5.74) is 2.55. The zero-order chi connectivity index (χ0) is 32.4. The third kappa shape index (κ3) is 8.87. The van der Waals surface area contributed by atoms with Gasteiger partial charge in [0, 0.05) is 35.1 Å². The van der Waals surface area contributed by atoms with Gasteiger partial charge in [0.25, 0.3) is 10.0 Å². The van der Waals surface area contributed by atoms with Crippen molar-refractivity contribution in [2.45, 2.75) is 50.6 Å². The van der Waals surface area contributed by atoms with E-state index in [-0.39, 0.29) is 23.8 Å². The van der Waals surface area contributed by atoms with E-state index < -0.39 is 28.5 Å². The van der Waals surface area contributed by atoms with Gasteiger partial charge in [-0.2, -0.15) is 0 Å². The Hall–Kier alpha value is -3.85. The number of nitrogens with zero attached hydrogens (tertiary/aromatic N) is 2. The third-order valence-corrected chi connectivity index (χ3v) is 9.92. The zero-order valence-electron chi connectivity index (χ0n) is 25.3. The number of hydrogen-bond acceptors (Lipinski definition) is 4. The predicted molar refractivity (Wildman–Crippen MR) is 181 cm³/mol. The van der Waals surface area contributed by atoms with E-state index in [4.69, 9.17) is 23.2 Å². The first kappa shape index (κ1) is 34.0. The van der Waals surface area contributed by atoms with Crippen LogP contribution in [0.1, 0.15) is 36.5 Å². The number of halogens is 2. The normalized spacial score (nSPS) is 11.9. The van der Waals surface area contributed by atoms with Gasteiger partial charge in [0.2, 0.25) is 11.8 Å². The minimum atomic E-state index is -4.17. The Morgan fingerprint density at radius 1 is 0.822 bits per heavy atom. The highest BCUT2D eigenvalue weighted by atomic mass is 35.5. The minimum Gasteiger partial charge on any atom is -0.354 e. The average Bonchev–Trinajstić information content (AvgIpc) is 3.04. The summed E-state index contributed by atoms with van der Waals surface area (Å²) in [6, 6.07) is 28.3. The lowest BCUT2D eigenvalue weighted by Crippen LogP contribution is -2.53. The summed E-state index contributed by atoms with van der Waals surface area (Å²) in [5.74, 6) is -0.936. The molecular weight excluding hydrogens is 629 g/mol. The van der Waals surface area contributed by atoms with Crippen LogP contribution in [0.3, 0.4) is 0 Å². The summed E-state index contributed by atoms with van der Waals surface area (Å²) in [5, 5.41) is 3.63. The zero-order valence-corrected chi connectivity index (χ0v) is 27.7. The molecule has 1 N–H and O–H groups in total. The molecule has 0 aromatic heterocycles. The summed E-state index contributed by atoms with van der Waals surface area (Å²) in [6.07, 6.45) is 1.84. The number of benzene rings is 4. The van der Waals surface area contributed by atoms with E-state index in [1.165, 1.54) is 17.0 Å². The lowest BCUT2D eigenvalue weighted by molar-refractivity contribution is -0.140. The highest BCUT2D eigenvalue weighted by Gasteiger charge is 2.35. The summed E-state index contributed by atoms with van der Waals surface area (Å²) >= 11 is 13.1. The van der Waals surface area contributed by atoms with Gasteiger partial charge in [-0.25, -0.2) is 8.42 Å². The molecule has 4 aromatic rings. The fourth-order valence-corrected chi connectivity index (χ4v) is 6.83. The molecule has 0 fully saturated rings. The van der Waals surface area contributed by atoms with E-state index in [9.17, 15) is 18.0 Å². The molecule has 4 rings (SSSR count). The molecule has 0 saturated carbocycles. The molecule has 0 bridgehead atoms. The van der Waals surface area contributed by atoms with Gasteiger partial charge in [-0.1, -0.05) is 109 Å². The maximum atomic E-state index is 14.5. The molecule has 0 aliphatic rings. The van der Waals surface area contributed by atoms with Crippen LogP contribution in [0.4, 0.5) is 5.69 Å². The first-order valence-electron chi connectivity index (χ1n) is 14.8. The quantitative estimate of drug-likeness (QED) is 0.146. The maximum Gasteiger partial charge on any atom is 0.264 e. The molecule has 7 nitrogen and oxygen atoms in total. The minimum absolute atomic E-state index is 0.0391. The van der Waals surface area contributed by atoms with E-state index in [1.54, 1.807) is 60.7 Å². The molecule has 1 atom stereocenters. The molecule has 0 aliphatic heterocycles. The topological polar surface area (TPSA) is 86.8 Å². The van der Waals surface area contributed by atoms with Crippen LogP contribution in [0.25, 0.3) is 0 Å². The number of sulfonamides is 1. The summed E-state index contributed by atoms with van der Waals surface area (Å²) in [7, 11) is -4.17. The number of hydrogen-bond donors (Lipinski definition) is 1. The van der Waals surface area contributed by atoms with Crippen LogP contribution in [0.2, 0.25) is 10.0 Å². The van der Waals surface area contributed by atoms with Crippen LogP contribution >= 0.6 is 23.2 Å². The number of unbranched alkanes of at least 4 members (excludes halogenated alkanes) is 1. The Morgan fingerprint density at radius 3 is 2.02 bits per heavy atom. The van der Waals surface area contributed by atoms with Crippen molar-refractivity contribution in [3.05, 3.63) is 130 Å². The molecule has 0 heterocycles. The van der Waals surface area contributed by atoms with Crippen LogP contribution in [-0.2, 0) is 32.6 Å². The van der Waals surface area contributed by atoms with Crippen LogP contribution in [0.5, 0.6) is 0 Å². The van der Waals surface area contributed by atoms with Gasteiger partial charge in [-0.05, 0) is 55.3 Å². The number of carbonyl (C=O) groups excluding carboxylic acids is 2. The molecule has 1 unspecified atom stereocenters. The van der Waals surface area contributed by atoms with Crippen molar-refractivity contribution >= 4 is 50.7 Å². The van der Waals surface area contributed by atoms with E-state index in [2.05, 4.69) is 5.32 Å². The van der Waals surface area contributed by atoms with E-state index in [1.807, 2.05) is 44.2 Å². The number of carbonyl (C=O) groups is 2. The van der Waals surface area contributed by atoms with Crippen molar-refractivity contribution < 1.29 is 18.0 Å². The molecule has 0 saturated heterocycles. The lowest BCUT2D eigenvalue weighted by atomic mass is 10.0. The van der Waals surface area contributed by atoms with Gasteiger partial charge in [0.1, 0.15) is 12.6 Å². The first-order chi connectivity index (χ1) is 21.6. The molecular formula is C35H37Cl2N3O4S. The first-order valence-corrected chi connectivity index (χ1v) is 17.0. The number of aryl methyl sites for hydroxylation is 1. The second-order valence-electron chi connectivity index (χ2n) is 10.7. The van der Waals surface area contributed by atoms with E-state index >= 15 is 0 Å². The molecule has 4 aromatic carbocycles. The molecule has 236 valence electrons. The van der Waals surface area contributed by atoms with Crippen LogP contribution in [0.15, 0.2) is 108 Å². The molecule has 45 heavy (non-hydrogen) atoms. The van der Waals surface area contributed by atoms with Crippen LogP contribution < -0.4 is 9.62 Å². The van der Waals surface area contributed by atoms with Crippen LogP contribution in [-0.4, -0.2) is 44.3 Å². The Kier molecular flexibility index (Phi) is 12.0. The monoisotopic (exact) mass is 665 g/mol. The van der Waals surface area contributed by atoms with Gasteiger partial charge < -0.3 is 10.2 Å². The largest absolute Gasteiger partial charge is 0.354 e. The SMILES string of the molecule is CCCCNC(=O)C(Cc1ccccc1)N(Cc1c(Cl)cccc1Cl)C(=O)CN(c1ccc(C)cc1)S(=O)(=O)c1ccccc1. The highest BCUT2D eigenvalue weighted by molar-refractivity contribution is 7.92. The summed E-state index contributed by atoms with van der Waals surface area (Å²) < 4.78 is 29.2. The fourth-order valence-electron chi connectivity index (χ4n) is 4.87. The predicted octanol–water partition coefficient (Wildman–Crippen LogP) is 7.05. The van der Waals surface area contributed by atoms with Gasteiger partial charge in [-0.3, -0.25) is 13.9 Å². The van der Waals surface area contributed by atoms with Gasteiger partial charge in [0.05, 0.1) is 10.6 Å². The van der Waals surface area contributed by atoms with Crippen molar-refractivity contribution in [3.8, 4) is 0 Å². The summed E-state index contributed by atoms with van der Waals surface area (Å²) in [6.45, 7) is 3.69. The van der Waals surface area contributed by atoms with E-state index in [0.29, 0.717) is 27.8 Å². The van der Waals surface area contributed by atoms with Gasteiger partial charge >= 0.3 is 0 Å². The van der Waals surface area contributed by atoms with E-state index in [0.717, 1.165) is 28.3 Å². The average molecular weight is 667 g/mol. The Bertz CT molecular complexity index is 1670. The van der Waals surface area contributed by atoms with Crippen molar-refractivity contribution in [2.24, 2.45) is 0 Å². The molecule has 2 amide bonds. The number of anilines is 1. The second kappa shape index (κ2) is 15.9. The molecule has 0 spiro atoms. The van der Waals surface area contributed by atoms with Crippen molar-refractivity contribution in [1.82, 2.24) is 10.2 Å².